The Kier molecular flexibility index (Phi) is 10.5. The highest BCUT2D eigenvalue weighted by Crippen LogP contribution is 2.35. The number of fused-ring (bicyclic) bond motifs is 1. The number of carbonyl (C=O) groups is 1. The van der Waals surface area contributed by atoms with Crippen LogP contribution in [0.1, 0.15) is 60.3 Å². The lowest BCUT2D eigenvalue weighted by atomic mass is 10.1. The van der Waals surface area contributed by atoms with Crippen LogP contribution in [0.4, 0.5) is 0 Å². The van der Waals surface area contributed by atoms with Gasteiger partial charge in [-0.3, -0.25) is 4.79 Å². The normalized spacial score (nSPS) is 11.6. The van der Waals surface area contributed by atoms with E-state index in [4.69, 9.17) is 18.6 Å². The smallest absolute Gasteiger partial charge is 0.383 e. The molecule has 0 aliphatic rings. The van der Waals surface area contributed by atoms with Crippen LogP contribution < -0.4 is 19.8 Å². The van der Waals surface area contributed by atoms with Crippen molar-refractivity contribution in [3.63, 3.8) is 0 Å². The van der Waals surface area contributed by atoms with Gasteiger partial charge in [-0.25, -0.2) is 4.79 Å². The van der Waals surface area contributed by atoms with E-state index in [0.717, 1.165) is 19.3 Å². The van der Waals surface area contributed by atoms with Gasteiger partial charge < -0.3 is 18.6 Å². The Labute approximate surface area is 195 Å². The van der Waals surface area contributed by atoms with Gasteiger partial charge in [0.1, 0.15) is 17.9 Å². The number of hydrogen-bond donors (Lipinski definition) is 0. The van der Waals surface area contributed by atoms with Crippen LogP contribution in [0.15, 0.2) is 62.9 Å². The van der Waals surface area contributed by atoms with E-state index in [1.807, 2.05) is 18.2 Å². The minimum Gasteiger partial charge on any atom is -0.485 e. The third kappa shape index (κ3) is 8.64. The summed E-state index contributed by atoms with van der Waals surface area (Å²) in [5, 5.41) is 0.570. The van der Waals surface area contributed by atoms with Crippen LogP contribution in [0.2, 0.25) is 0 Å². The first-order valence-electron chi connectivity index (χ1n) is 11.3. The Hall–Kier alpha value is -3.28. The second-order valence-corrected chi connectivity index (χ2v) is 8.00. The van der Waals surface area contributed by atoms with Crippen molar-refractivity contribution in [3.8, 4) is 17.2 Å². The Bertz CT molecular complexity index is 1080. The highest BCUT2D eigenvalue weighted by molar-refractivity contribution is 5.87. The quantitative estimate of drug-likeness (QED) is 0.119. The van der Waals surface area contributed by atoms with Gasteiger partial charge >= 0.3 is 11.6 Å². The van der Waals surface area contributed by atoms with Gasteiger partial charge in [0.2, 0.25) is 5.75 Å². The zero-order chi connectivity index (χ0) is 24.2. The maximum atomic E-state index is 12.7. The Morgan fingerprint density at radius 2 is 1.79 bits per heavy atom. The van der Waals surface area contributed by atoms with Crippen molar-refractivity contribution in [2.45, 2.75) is 60.3 Å². The first kappa shape index (κ1) is 26.0. The molecular formula is C27H34O6. The molecule has 0 amide bonds. The van der Waals surface area contributed by atoms with Crippen molar-refractivity contribution in [1.82, 2.24) is 0 Å². The van der Waals surface area contributed by atoms with E-state index in [1.165, 1.54) is 24.1 Å². The number of ether oxygens (including phenoxy) is 3. The fourth-order valence-corrected chi connectivity index (χ4v) is 3.10. The third-order valence-electron chi connectivity index (χ3n) is 4.74. The van der Waals surface area contributed by atoms with Gasteiger partial charge in [0, 0.05) is 13.0 Å². The molecule has 1 aromatic heterocycles. The van der Waals surface area contributed by atoms with Crippen LogP contribution in [-0.4, -0.2) is 19.2 Å². The SMILES string of the molecule is CCC=CCCOc1c(OCC=C(C)CCC=C(C)C)c2ccc(OC(C)=O)cc2oc1=O. The van der Waals surface area contributed by atoms with Crippen molar-refractivity contribution in [2.75, 3.05) is 13.2 Å². The first-order valence-corrected chi connectivity index (χ1v) is 11.3. The van der Waals surface area contributed by atoms with Gasteiger partial charge in [-0.15, -0.1) is 0 Å². The summed E-state index contributed by atoms with van der Waals surface area (Å²) in [6.07, 6.45) is 11.8. The van der Waals surface area contributed by atoms with E-state index in [1.54, 1.807) is 12.1 Å². The average molecular weight is 455 g/mol. The van der Waals surface area contributed by atoms with E-state index >= 15 is 0 Å². The number of benzene rings is 1. The molecule has 2 aromatic rings. The maximum absolute atomic E-state index is 12.7. The van der Waals surface area contributed by atoms with Crippen molar-refractivity contribution in [1.29, 1.82) is 0 Å². The standard InChI is InChI=1S/C27H34O6/c1-6-7-8-9-16-30-26-25(31-17-15-20(4)12-10-11-19(2)3)23-14-13-22(32-21(5)28)18-24(23)33-27(26)29/h7-8,11,13-15,18H,6,9-10,12,16-17H2,1-5H3. The molecule has 0 saturated heterocycles. The van der Waals surface area contributed by atoms with Gasteiger partial charge in [-0.2, -0.15) is 0 Å². The zero-order valence-electron chi connectivity index (χ0n) is 20.2. The molecule has 0 N–H and O–H groups in total. The fraction of sp³-hybridized carbons (Fsp3) is 0.407. The lowest BCUT2D eigenvalue weighted by Crippen LogP contribution is -2.11. The second kappa shape index (κ2) is 13.3. The molecule has 1 heterocycles. The highest BCUT2D eigenvalue weighted by Gasteiger charge is 2.18. The molecule has 0 fully saturated rings. The minimum atomic E-state index is -0.638. The molecule has 0 bridgehead atoms. The summed E-state index contributed by atoms with van der Waals surface area (Å²) in [4.78, 5) is 24.0. The van der Waals surface area contributed by atoms with Crippen LogP contribution in [0.25, 0.3) is 11.0 Å². The lowest BCUT2D eigenvalue weighted by molar-refractivity contribution is -0.131. The molecule has 0 aliphatic carbocycles. The molecule has 6 nitrogen and oxygen atoms in total. The molecule has 1 aromatic carbocycles. The van der Waals surface area contributed by atoms with Gasteiger partial charge in [0.25, 0.3) is 0 Å². The van der Waals surface area contributed by atoms with Crippen molar-refractivity contribution >= 4 is 16.9 Å². The van der Waals surface area contributed by atoms with E-state index < -0.39 is 11.6 Å². The van der Waals surface area contributed by atoms with Crippen LogP contribution in [-0.2, 0) is 4.79 Å². The zero-order valence-corrected chi connectivity index (χ0v) is 20.2. The molecule has 0 saturated carbocycles. The molecule has 178 valence electrons. The number of allylic oxidation sites excluding steroid dienone is 4. The molecule has 0 unspecified atom stereocenters. The highest BCUT2D eigenvalue weighted by atomic mass is 16.5. The summed E-state index contributed by atoms with van der Waals surface area (Å²) in [6, 6.07) is 4.82. The Balaban J connectivity index is 2.31. The summed E-state index contributed by atoms with van der Waals surface area (Å²) < 4.78 is 22.3. The Morgan fingerprint density at radius 1 is 1.00 bits per heavy atom. The molecule has 33 heavy (non-hydrogen) atoms. The van der Waals surface area contributed by atoms with Gasteiger partial charge in [0.15, 0.2) is 5.75 Å². The van der Waals surface area contributed by atoms with E-state index in [2.05, 4.69) is 33.8 Å². The van der Waals surface area contributed by atoms with Gasteiger partial charge in [-0.1, -0.05) is 36.3 Å². The molecule has 0 aliphatic heterocycles. The summed E-state index contributed by atoms with van der Waals surface area (Å²) in [5.41, 5.74) is 2.12. The predicted molar refractivity (Wildman–Crippen MR) is 131 cm³/mol. The summed E-state index contributed by atoms with van der Waals surface area (Å²) >= 11 is 0. The third-order valence-corrected chi connectivity index (χ3v) is 4.74. The molecule has 0 spiro atoms. The average Bonchev–Trinajstić information content (AvgIpc) is 2.74. The summed E-state index contributed by atoms with van der Waals surface area (Å²) in [6.45, 7) is 10.2. The van der Waals surface area contributed by atoms with Crippen molar-refractivity contribution in [2.24, 2.45) is 0 Å². The van der Waals surface area contributed by atoms with Crippen LogP contribution in [0.5, 0.6) is 17.2 Å². The van der Waals surface area contributed by atoms with Crippen molar-refractivity contribution in [3.05, 3.63) is 64.1 Å². The van der Waals surface area contributed by atoms with Crippen LogP contribution in [0, 0.1) is 0 Å². The summed E-state index contributed by atoms with van der Waals surface area (Å²) in [7, 11) is 0. The van der Waals surface area contributed by atoms with Crippen LogP contribution >= 0.6 is 0 Å². The first-order chi connectivity index (χ1) is 15.8. The van der Waals surface area contributed by atoms with Gasteiger partial charge in [-0.05, 0) is 64.7 Å². The number of esters is 1. The van der Waals surface area contributed by atoms with Crippen molar-refractivity contribution < 1.29 is 23.4 Å². The molecule has 0 radical (unpaired) electrons. The molecule has 0 atom stereocenters. The monoisotopic (exact) mass is 454 g/mol. The molecule has 6 heteroatoms. The number of hydrogen-bond acceptors (Lipinski definition) is 6. The molecule has 2 rings (SSSR count). The fourth-order valence-electron chi connectivity index (χ4n) is 3.10. The second-order valence-electron chi connectivity index (χ2n) is 8.00. The molecular weight excluding hydrogens is 420 g/mol. The maximum Gasteiger partial charge on any atom is 0.383 e. The van der Waals surface area contributed by atoms with E-state index in [0.29, 0.717) is 24.2 Å². The topological polar surface area (TPSA) is 75.0 Å². The van der Waals surface area contributed by atoms with Gasteiger partial charge in [0.05, 0.1) is 12.0 Å². The summed E-state index contributed by atoms with van der Waals surface area (Å²) in [5.74, 6) is 0.200. The number of rotatable bonds is 12. The van der Waals surface area contributed by atoms with E-state index in [-0.39, 0.29) is 23.7 Å². The largest absolute Gasteiger partial charge is 0.485 e. The Morgan fingerprint density at radius 3 is 2.48 bits per heavy atom. The van der Waals surface area contributed by atoms with E-state index in [9.17, 15) is 9.59 Å². The minimum absolute atomic E-state index is 0.0447. The number of carbonyl (C=O) groups excluding carboxylic acids is 1. The van der Waals surface area contributed by atoms with Crippen LogP contribution in [0.3, 0.4) is 0 Å². The predicted octanol–water partition coefficient (Wildman–Crippen LogP) is 6.52. The lowest BCUT2D eigenvalue weighted by Gasteiger charge is -2.13.